The summed E-state index contributed by atoms with van der Waals surface area (Å²) < 4.78 is 5.68. The summed E-state index contributed by atoms with van der Waals surface area (Å²) in [5.41, 5.74) is 1.31. The first-order valence-corrected chi connectivity index (χ1v) is 7.61. The van der Waals surface area contributed by atoms with E-state index in [9.17, 15) is 4.79 Å². The maximum atomic E-state index is 12.3. The van der Waals surface area contributed by atoms with Gasteiger partial charge in [0.25, 0.3) is 5.91 Å². The summed E-state index contributed by atoms with van der Waals surface area (Å²) >= 11 is 5.97. The Morgan fingerprint density at radius 1 is 1.52 bits per heavy atom. The van der Waals surface area contributed by atoms with Gasteiger partial charge in [0.15, 0.2) is 0 Å². The molecular formula is C15H22ClN3O2. The van der Waals surface area contributed by atoms with E-state index in [-0.39, 0.29) is 12.0 Å². The molecule has 0 saturated carbocycles. The molecule has 0 radical (unpaired) electrons. The van der Waals surface area contributed by atoms with E-state index in [4.69, 9.17) is 16.3 Å². The number of anilines is 1. The third kappa shape index (κ3) is 4.33. The molecule has 0 aromatic heterocycles. The van der Waals surface area contributed by atoms with Gasteiger partial charge in [-0.3, -0.25) is 9.69 Å². The third-order valence-corrected chi connectivity index (χ3v) is 3.89. The first-order valence-electron chi connectivity index (χ1n) is 7.23. The average Bonchev–Trinajstić information content (AvgIpc) is 2.52. The minimum Gasteiger partial charge on any atom is -0.387 e. The summed E-state index contributed by atoms with van der Waals surface area (Å²) in [7, 11) is 1.78. The zero-order valence-corrected chi connectivity index (χ0v) is 13.2. The molecule has 1 aromatic rings. The average molecular weight is 312 g/mol. The van der Waals surface area contributed by atoms with E-state index in [0.717, 1.165) is 25.3 Å². The van der Waals surface area contributed by atoms with Gasteiger partial charge >= 0.3 is 0 Å². The molecule has 1 saturated heterocycles. The van der Waals surface area contributed by atoms with Gasteiger partial charge in [-0.1, -0.05) is 18.5 Å². The minimum absolute atomic E-state index is 0.0415. The lowest BCUT2D eigenvalue weighted by atomic mass is 10.1. The molecule has 6 heteroatoms. The predicted molar refractivity (Wildman–Crippen MR) is 85.2 cm³/mol. The molecule has 1 amide bonds. The van der Waals surface area contributed by atoms with E-state index in [2.05, 4.69) is 22.5 Å². The first-order chi connectivity index (χ1) is 10.1. The molecule has 1 atom stereocenters. The van der Waals surface area contributed by atoms with Crippen LogP contribution in [0.4, 0.5) is 5.69 Å². The van der Waals surface area contributed by atoms with E-state index >= 15 is 0 Å². The fourth-order valence-corrected chi connectivity index (χ4v) is 2.59. The van der Waals surface area contributed by atoms with Crippen molar-refractivity contribution in [2.75, 3.05) is 45.2 Å². The molecule has 116 valence electrons. The number of nitrogens with one attached hydrogen (secondary N) is 2. The highest BCUT2D eigenvalue weighted by molar-refractivity contribution is 6.31. The predicted octanol–water partition coefficient (Wildman–Crippen LogP) is 1.83. The number of benzene rings is 1. The monoisotopic (exact) mass is 311 g/mol. The lowest BCUT2D eigenvalue weighted by molar-refractivity contribution is -0.0246. The number of morpholine rings is 1. The number of hydrogen-bond donors (Lipinski definition) is 2. The zero-order valence-electron chi connectivity index (χ0n) is 12.5. The number of likely N-dealkylation sites (N-methyl/N-ethyl adjacent to an activating group) is 1. The standard InChI is InChI=1S/C15H22ClN3O2/c1-3-19-6-7-21-12(10-19)9-18-15(20)13-8-11(16)4-5-14(13)17-2/h4-5,8,12,17H,3,6-7,9-10H2,1-2H3,(H,18,20). The summed E-state index contributed by atoms with van der Waals surface area (Å²) in [6.45, 7) is 6.17. The van der Waals surface area contributed by atoms with Crippen molar-refractivity contribution in [2.45, 2.75) is 13.0 Å². The maximum Gasteiger partial charge on any atom is 0.253 e. The van der Waals surface area contributed by atoms with E-state index in [1.54, 1.807) is 25.2 Å². The Morgan fingerprint density at radius 3 is 3.05 bits per heavy atom. The van der Waals surface area contributed by atoms with E-state index < -0.39 is 0 Å². The highest BCUT2D eigenvalue weighted by atomic mass is 35.5. The van der Waals surface area contributed by atoms with Gasteiger partial charge < -0.3 is 15.4 Å². The van der Waals surface area contributed by atoms with Crippen LogP contribution in [0.5, 0.6) is 0 Å². The molecule has 1 fully saturated rings. The largest absolute Gasteiger partial charge is 0.387 e. The van der Waals surface area contributed by atoms with Crippen LogP contribution in [0.1, 0.15) is 17.3 Å². The van der Waals surface area contributed by atoms with Crippen LogP contribution in [0.3, 0.4) is 0 Å². The molecule has 21 heavy (non-hydrogen) atoms. The van der Waals surface area contributed by atoms with Crippen molar-refractivity contribution in [1.29, 1.82) is 0 Å². The van der Waals surface area contributed by atoms with E-state index in [1.807, 2.05) is 0 Å². The summed E-state index contributed by atoms with van der Waals surface area (Å²) in [6, 6.07) is 5.23. The Hall–Kier alpha value is -1.30. The summed E-state index contributed by atoms with van der Waals surface area (Å²) in [5.74, 6) is -0.140. The van der Waals surface area contributed by atoms with Gasteiger partial charge in [0.2, 0.25) is 0 Å². The van der Waals surface area contributed by atoms with Gasteiger partial charge in [0, 0.05) is 37.4 Å². The Bertz CT molecular complexity index is 496. The molecule has 0 aliphatic carbocycles. The Kier molecular flexibility index (Phi) is 5.85. The van der Waals surface area contributed by atoms with Gasteiger partial charge in [-0.05, 0) is 24.7 Å². The Balaban J connectivity index is 1.94. The number of amides is 1. The van der Waals surface area contributed by atoms with Crippen molar-refractivity contribution in [3.63, 3.8) is 0 Å². The Labute approximate surface area is 130 Å². The number of ether oxygens (including phenoxy) is 1. The Morgan fingerprint density at radius 2 is 2.33 bits per heavy atom. The molecule has 2 rings (SSSR count). The minimum atomic E-state index is -0.140. The molecule has 1 aliphatic heterocycles. The number of hydrogen-bond acceptors (Lipinski definition) is 4. The third-order valence-electron chi connectivity index (χ3n) is 3.66. The van der Waals surface area contributed by atoms with Crippen molar-refractivity contribution in [2.24, 2.45) is 0 Å². The molecule has 1 aromatic carbocycles. The highest BCUT2D eigenvalue weighted by Crippen LogP contribution is 2.20. The van der Waals surface area contributed by atoms with Crippen LogP contribution in [0.25, 0.3) is 0 Å². The van der Waals surface area contributed by atoms with Gasteiger partial charge in [0.1, 0.15) is 0 Å². The van der Waals surface area contributed by atoms with Crippen LogP contribution in [0.2, 0.25) is 5.02 Å². The van der Waals surface area contributed by atoms with Gasteiger partial charge in [-0.25, -0.2) is 0 Å². The van der Waals surface area contributed by atoms with Crippen molar-refractivity contribution in [1.82, 2.24) is 10.2 Å². The van der Waals surface area contributed by atoms with Gasteiger partial charge in [-0.15, -0.1) is 0 Å². The number of carbonyl (C=O) groups excluding carboxylic acids is 1. The SMILES string of the molecule is CCN1CCOC(CNC(=O)c2cc(Cl)ccc2NC)C1. The quantitative estimate of drug-likeness (QED) is 0.871. The number of rotatable bonds is 5. The smallest absolute Gasteiger partial charge is 0.253 e. The molecule has 1 unspecified atom stereocenters. The fraction of sp³-hybridized carbons (Fsp3) is 0.533. The van der Waals surface area contributed by atoms with Gasteiger partial charge in [-0.2, -0.15) is 0 Å². The second kappa shape index (κ2) is 7.64. The molecular weight excluding hydrogens is 290 g/mol. The fourth-order valence-electron chi connectivity index (χ4n) is 2.42. The molecule has 0 bridgehead atoms. The van der Waals surface area contributed by atoms with Crippen molar-refractivity contribution in [3.05, 3.63) is 28.8 Å². The molecule has 2 N–H and O–H groups in total. The van der Waals surface area contributed by atoms with Crippen LogP contribution >= 0.6 is 11.6 Å². The van der Waals surface area contributed by atoms with E-state index in [1.165, 1.54) is 0 Å². The topological polar surface area (TPSA) is 53.6 Å². The summed E-state index contributed by atoms with van der Waals surface area (Å²) in [4.78, 5) is 14.6. The lowest BCUT2D eigenvalue weighted by Gasteiger charge is -2.32. The number of nitrogens with zero attached hydrogens (tertiary/aromatic N) is 1. The van der Waals surface area contributed by atoms with Crippen LogP contribution in [-0.4, -0.2) is 56.7 Å². The number of halogens is 1. The van der Waals surface area contributed by atoms with Crippen LogP contribution in [-0.2, 0) is 4.74 Å². The zero-order chi connectivity index (χ0) is 15.2. The normalized spacial score (nSPS) is 19.3. The molecule has 1 heterocycles. The lowest BCUT2D eigenvalue weighted by Crippen LogP contribution is -2.47. The van der Waals surface area contributed by atoms with Crippen LogP contribution in [0, 0.1) is 0 Å². The second-order valence-electron chi connectivity index (χ2n) is 5.04. The summed E-state index contributed by atoms with van der Waals surface area (Å²) in [6.07, 6.45) is 0.0415. The number of carbonyl (C=O) groups is 1. The van der Waals surface area contributed by atoms with Crippen LogP contribution < -0.4 is 10.6 Å². The first kappa shape index (κ1) is 16.1. The maximum absolute atomic E-state index is 12.3. The van der Waals surface area contributed by atoms with Crippen molar-refractivity contribution >= 4 is 23.2 Å². The molecule has 5 nitrogen and oxygen atoms in total. The second-order valence-corrected chi connectivity index (χ2v) is 5.47. The van der Waals surface area contributed by atoms with E-state index in [0.29, 0.717) is 23.7 Å². The molecule has 1 aliphatic rings. The highest BCUT2D eigenvalue weighted by Gasteiger charge is 2.20. The summed E-state index contributed by atoms with van der Waals surface area (Å²) in [5, 5.41) is 6.47. The van der Waals surface area contributed by atoms with Crippen molar-refractivity contribution < 1.29 is 9.53 Å². The van der Waals surface area contributed by atoms with Crippen molar-refractivity contribution in [3.8, 4) is 0 Å². The van der Waals surface area contributed by atoms with Crippen LogP contribution in [0.15, 0.2) is 18.2 Å². The molecule has 0 spiro atoms. The van der Waals surface area contributed by atoms with Gasteiger partial charge in [0.05, 0.1) is 18.3 Å².